The summed E-state index contributed by atoms with van der Waals surface area (Å²) < 4.78 is 2.73. The van der Waals surface area contributed by atoms with Crippen molar-refractivity contribution in [1.29, 1.82) is 0 Å². The Balaban J connectivity index is 2.71. The first kappa shape index (κ1) is 11.0. The molecule has 0 saturated heterocycles. The van der Waals surface area contributed by atoms with Gasteiger partial charge >= 0.3 is 0 Å². The zero-order chi connectivity index (χ0) is 10.1. The van der Waals surface area contributed by atoms with Crippen LogP contribution in [-0.4, -0.2) is 6.26 Å². The summed E-state index contributed by atoms with van der Waals surface area (Å²) in [5.74, 6) is 0.593. The molecule has 0 aliphatic carbocycles. The molecule has 0 nitrogen and oxygen atoms in total. The molecule has 0 saturated carbocycles. The molecular weight excluding hydrogens is 347 g/mol. The lowest BCUT2D eigenvalue weighted by Gasteiger charge is -1.97. The van der Waals surface area contributed by atoms with Crippen LogP contribution >= 0.6 is 57.3 Å². The van der Waals surface area contributed by atoms with Crippen molar-refractivity contribution in [3.8, 4) is 0 Å². The standard InChI is InChI=1S/C10H8ClIS2/c1-13-9-7-4-6(5-11)2-3-8(7)14-10(9)12/h2-4H,5H2,1H3. The highest BCUT2D eigenvalue weighted by molar-refractivity contribution is 14.1. The third-order valence-electron chi connectivity index (χ3n) is 2.03. The molecule has 1 aromatic carbocycles. The van der Waals surface area contributed by atoms with E-state index >= 15 is 0 Å². The first-order chi connectivity index (χ1) is 6.76. The van der Waals surface area contributed by atoms with Crippen LogP contribution in [0.15, 0.2) is 23.1 Å². The Bertz CT molecular complexity index is 464. The van der Waals surface area contributed by atoms with Gasteiger partial charge in [-0.2, -0.15) is 0 Å². The highest BCUT2D eigenvalue weighted by Gasteiger charge is 2.09. The van der Waals surface area contributed by atoms with E-state index in [1.54, 1.807) is 0 Å². The molecule has 4 heteroatoms. The largest absolute Gasteiger partial charge is 0.128 e. The molecule has 0 radical (unpaired) electrons. The summed E-state index contributed by atoms with van der Waals surface area (Å²) in [5, 5.41) is 1.35. The number of benzene rings is 1. The van der Waals surface area contributed by atoms with Crippen LogP contribution in [0.4, 0.5) is 0 Å². The van der Waals surface area contributed by atoms with Gasteiger partial charge in [0.1, 0.15) is 0 Å². The van der Waals surface area contributed by atoms with E-state index in [-0.39, 0.29) is 0 Å². The summed E-state index contributed by atoms with van der Waals surface area (Å²) in [7, 11) is 0. The summed E-state index contributed by atoms with van der Waals surface area (Å²) in [4.78, 5) is 1.39. The van der Waals surface area contributed by atoms with Gasteiger partial charge in [0.05, 0.1) is 2.88 Å². The van der Waals surface area contributed by atoms with E-state index in [0.29, 0.717) is 5.88 Å². The third kappa shape index (κ3) is 1.92. The fourth-order valence-corrected chi connectivity index (χ4v) is 4.99. The van der Waals surface area contributed by atoms with E-state index in [9.17, 15) is 0 Å². The lowest BCUT2D eigenvalue weighted by atomic mass is 10.2. The maximum atomic E-state index is 5.82. The molecule has 0 amide bonds. The van der Waals surface area contributed by atoms with Gasteiger partial charge in [-0.1, -0.05) is 6.07 Å². The van der Waals surface area contributed by atoms with Gasteiger partial charge in [-0.15, -0.1) is 34.7 Å². The van der Waals surface area contributed by atoms with Crippen molar-refractivity contribution >= 4 is 67.4 Å². The highest BCUT2D eigenvalue weighted by atomic mass is 127. The van der Waals surface area contributed by atoms with E-state index in [1.807, 2.05) is 23.1 Å². The molecule has 0 spiro atoms. The van der Waals surface area contributed by atoms with Gasteiger partial charge in [-0.3, -0.25) is 0 Å². The second-order valence-corrected chi connectivity index (χ2v) is 6.82. The average molecular weight is 355 g/mol. The number of hydrogen-bond donors (Lipinski definition) is 0. The number of halogens is 2. The van der Waals surface area contributed by atoms with Crippen molar-refractivity contribution in [3.63, 3.8) is 0 Å². The first-order valence-corrected chi connectivity index (χ1v) is 7.72. The van der Waals surface area contributed by atoms with Crippen LogP contribution in [0.5, 0.6) is 0 Å². The Kier molecular flexibility index (Phi) is 3.63. The molecule has 74 valence electrons. The second kappa shape index (κ2) is 4.60. The summed E-state index contributed by atoms with van der Waals surface area (Å²) in [6, 6.07) is 6.47. The Morgan fingerprint density at radius 3 is 2.93 bits per heavy atom. The topological polar surface area (TPSA) is 0 Å². The average Bonchev–Trinajstić information content (AvgIpc) is 2.52. The first-order valence-electron chi connectivity index (χ1n) is 4.07. The maximum absolute atomic E-state index is 5.82. The van der Waals surface area contributed by atoms with Crippen molar-refractivity contribution in [2.75, 3.05) is 6.26 Å². The molecule has 0 fully saturated rings. The van der Waals surface area contributed by atoms with Gasteiger partial charge in [0.15, 0.2) is 0 Å². The van der Waals surface area contributed by atoms with Crippen molar-refractivity contribution < 1.29 is 0 Å². The Morgan fingerprint density at radius 1 is 1.50 bits per heavy atom. The SMILES string of the molecule is CSc1c(I)sc2ccc(CCl)cc12. The van der Waals surface area contributed by atoms with Crippen LogP contribution in [-0.2, 0) is 5.88 Å². The summed E-state index contributed by atoms with van der Waals surface area (Å²) in [6.07, 6.45) is 2.12. The van der Waals surface area contributed by atoms with Gasteiger partial charge in [0.25, 0.3) is 0 Å². The number of thiophene rings is 1. The number of thioether (sulfide) groups is 1. The van der Waals surface area contributed by atoms with Gasteiger partial charge in [0, 0.05) is 20.9 Å². The number of fused-ring (bicyclic) bond motifs is 1. The van der Waals surface area contributed by atoms with Crippen LogP contribution < -0.4 is 0 Å². The predicted molar refractivity (Wildman–Crippen MR) is 75.9 cm³/mol. The summed E-state index contributed by atoms with van der Waals surface area (Å²) in [6.45, 7) is 0. The molecule has 0 atom stereocenters. The molecule has 2 aromatic rings. The number of hydrogen-bond acceptors (Lipinski definition) is 2. The summed E-state index contributed by atoms with van der Waals surface area (Å²) >= 11 is 11.9. The van der Waals surface area contributed by atoms with Crippen LogP contribution in [0.25, 0.3) is 10.1 Å². The smallest absolute Gasteiger partial charge is 0.0801 e. The Morgan fingerprint density at radius 2 is 2.29 bits per heavy atom. The zero-order valence-electron chi connectivity index (χ0n) is 7.51. The van der Waals surface area contributed by atoms with Gasteiger partial charge < -0.3 is 0 Å². The number of rotatable bonds is 2. The molecule has 2 rings (SSSR count). The van der Waals surface area contributed by atoms with Crippen molar-refractivity contribution in [1.82, 2.24) is 0 Å². The van der Waals surface area contributed by atoms with E-state index in [2.05, 4.69) is 47.0 Å². The molecule has 0 bridgehead atoms. The lowest BCUT2D eigenvalue weighted by Crippen LogP contribution is -1.76. The predicted octanol–water partition coefficient (Wildman–Crippen LogP) is 4.97. The highest BCUT2D eigenvalue weighted by Crippen LogP contribution is 2.38. The fraction of sp³-hybridized carbons (Fsp3) is 0.200. The normalized spacial score (nSPS) is 11.1. The van der Waals surface area contributed by atoms with Gasteiger partial charge in [-0.25, -0.2) is 0 Å². The van der Waals surface area contributed by atoms with Crippen molar-refractivity contribution in [2.24, 2.45) is 0 Å². The molecule has 1 aromatic heterocycles. The molecule has 0 N–H and O–H groups in total. The maximum Gasteiger partial charge on any atom is 0.0801 e. The number of alkyl halides is 1. The van der Waals surface area contributed by atoms with Crippen LogP contribution in [0.3, 0.4) is 0 Å². The minimum atomic E-state index is 0.593. The Hall–Kier alpha value is 0.550. The van der Waals surface area contributed by atoms with E-state index < -0.39 is 0 Å². The molecular formula is C10H8ClIS2. The van der Waals surface area contributed by atoms with Crippen molar-refractivity contribution in [3.05, 3.63) is 26.6 Å². The van der Waals surface area contributed by atoms with Gasteiger partial charge in [-0.05, 0) is 46.5 Å². The van der Waals surface area contributed by atoms with E-state index in [1.165, 1.54) is 23.4 Å². The van der Waals surface area contributed by atoms with Gasteiger partial charge in [0.2, 0.25) is 0 Å². The van der Waals surface area contributed by atoms with E-state index in [4.69, 9.17) is 11.6 Å². The lowest BCUT2D eigenvalue weighted by molar-refractivity contribution is 1.42. The minimum Gasteiger partial charge on any atom is -0.128 e. The van der Waals surface area contributed by atoms with Crippen molar-refractivity contribution in [2.45, 2.75) is 10.8 Å². The monoisotopic (exact) mass is 354 g/mol. The fourth-order valence-electron chi connectivity index (χ4n) is 1.37. The zero-order valence-corrected chi connectivity index (χ0v) is 12.1. The summed E-state index contributed by atoms with van der Waals surface area (Å²) in [5.41, 5.74) is 1.20. The minimum absolute atomic E-state index is 0.593. The molecule has 0 aliphatic heterocycles. The Labute approximate surface area is 110 Å². The molecule has 0 aliphatic rings. The quantitative estimate of drug-likeness (QED) is 0.417. The molecule has 14 heavy (non-hydrogen) atoms. The molecule has 1 heterocycles. The van der Waals surface area contributed by atoms with Crippen LogP contribution in [0.2, 0.25) is 0 Å². The van der Waals surface area contributed by atoms with Crippen LogP contribution in [0.1, 0.15) is 5.56 Å². The van der Waals surface area contributed by atoms with Crippen LogP contribution in [0, 0.1) is 2.88 Å². The van der Waals surface area contributed by atoms with E-state index in [0.717, 1.165) is 0 Å². The molecule has 0 unspecified atom stereocenters. The third-order valence-corrected chi connectivity index (χ3v) is 5.82. The second-order valence-electron chi connectivity index (χ2n) is 2.87.